The van der Waals surface area contributed by atoms with Crippen molar-refractivity contribution in [1.29, 1.82) is 5.26 Å². The first-order valence-electron chi connectivity index (χ1n) is 6.11. The molecule has 0 aliphatic heterocycles. The molecule has 0 unspecified atom stereocenters. The van der Waals surface area contributed by atoms with Gasteiger partial charge in [-0.2, -0.15) is 16.6 Å². The van der Waals surface area contributed by atoms with Crippen LogP contribution in [0.4, 0.5) is 11.4 Å². The number of anilines is 1. The van der Waals surface area contributed by atoms with E-state index in [1.54, 1.807) is 6.92 Å². The molecule has 0 aliphatic rings. The minimum absolute atomic E-state index is 0.137. The smallest absolute Gasteiger partial charge is 0.270 e. The van der Waals surface area contributed by atoms with Gasteiger partial charge in [0.15, 0.2) is 0 Å². The molecule has 0 saturated carbocycles. The Bertz CT molecular complexity index is 690. The van der Waals surface area contributed by atoms with Crippen molar-refractivity contribution in [3.63, 3.8) is 0 Å². The van der Waals surface area contributed by atoms with Gasteiger partial charge < -0.3 is 10.4 Å². The number of hydrogen-bond donors (Lipinski definition) is 2. The second-order valence-electron chi connectivity index (χ2n) is 4.74. The highest BCUT2D eigenvalue weighted by molar-refractivity contribution is 7.08. The lowest BCUT2D eigenvalue weighted by atomic mass is 9.99. The van der Waals surface area contributed by atoms with Crippen LogP contribution in [0, 0.1) is 21.4 Å². The molecule has 0 bridgehead atoms. The molecule has 2 aromatic rings. The Morgan fingerprint density at radius 1 is 1.52 bits per heavy atom. The van der Waals surface area contributed by atoms with Crippen LogP contribution in [0.5, 0.6) is 0 Å². The van der Waals surface area contributed by atoms with Gasteiger partial charge in [-0.3, -0.25) is 10.1 Å². The predicted octanol–water partition coefficient (Wildman–Crippen LogP) is 2.85. The summed E-state index contributed by atoms with van der Waals surface area (Å²) in [5.74, 6) is 0. The molecule has 0 aliphatic carbocycles. The van der Waals surface area contributed by atoms with Gasteiger partial charge in [-0.15, -0.1) is 0 Å². The Hall–Kier alpha value is -2.43. The van der Waals surface area contributed by atoms with Gasteiger partial charge in [0, 0.05) is 18.7 Å². The Labute approximate surface area is 125 Å². The van der Waals surface area contributed by atoms with E-state index >= 15 is 0 Å². The summed E-state index contributed by atoms with van der Waals surface area (Å²) in [6.45, 7) is 1.86. The van der Waals surface area contributed by atoms with Gasteiger partial charge >= 0.3 is 0 Å². The summed E-state index contributed by atoms with van der Waals surface area (Å²) in [6, 6.07) is 7.75. The maximum atomic E-state index is 10.7. The third kappa shape index (κ3) is 3.37. The number of hydrogen-bond acceptors (Lipinski definition) is 6. The number of nitriles is 1. The number of non-ortho nitro benzene ring substituents is 1. The van der Waals surface area contributed by atoms with Gasteiger partial charge in [0.25, 0.3) is 5.69 Å². The van der Waals surface area contributed by atoms with Gasteiger partial charge in [0.05, 0.1) is 16.2 Å². The number of nitro benzene ring substituents is 1. The van der Waals surface area contributed by atoms with E-state index in [2.05, 4.69) is 5.32 Å². The van der Waals surface area contributed by atoms with Gasteiger partial charge in [0.2, 0.25) is 0 Å². The van der Waals surface area contributed by atoms with E-state index in [1.165, 1.54) is 29.5 Å². The fraction of sp³-hybridized carbons (Fsp3) is 0.214. The summed E-state index contributed by atoms with van der Waals surface area (Å²) in [5, 5.41) is 36.8. The van der Waals surface area contributed by atoms with Gasteiger partial charge in [-0.1, -0.05) is 0 Å². The summed E-state index contributed by atoms with van der Waals surface area (Å²) in [6.07, 6.45) is 0. The van der Waals surface area contributed by atoms with Crippen LogP contribution < -0.4 is 5.32 Å². The first-order valence-corrected chi connectivity index (χ1v) is 7.06. The molecule has 0 radical (unpaired) electrons. The summed E-state index contributed by atoms with van der Waals surface area (Å²) >= 11 is 1.49. The fourth-order valence-electron chi connectivity index (χ4n) is 1.83. The molecule has 21 heavy (non-hydrogen) atoms. The van der Waals surface area contributed by atoms with E-state index in [1.807, 2.05) is 22.9 Å². The molecular formula is C14H13N3O3S. The van der Waals surface area contributed by atoms with E-state index in [0.29, 0.717) is 5.69 Å². The SMILES string of the molecule is C[C@](O)(CNc1ccc([N+](=O)[O-])cc1C#N)c1ccsc1. The Morgan fingerprint density at radius 3 is 2.86 bits per heavy atom. The lowest BCUT2D eigenvalue weighted by molar-refractivity contribution is -0.384. The first-order chi connectivity index (χ1) is 9.94. The van der Waals surface area contributed by atoms with E-state index in [9.17, 15) is 15.2 Å². The fourth-order valence-corrected chi connectivity index (χ4v) is 2.62. The minimum Gasteiger partial charge on any atom is -0.384 e. The van der Waals surface area contributed by atoms with Crippen LogP contribution in [0.3, 0.4) is 0 Å². The van der Waals surface area contributed by atoms with Crippen LogP contribution >= 0.6 is 11.3 Å². The Kier molecular flexibility index (Phi) is 4.21. The van der Waals surface area contributed by atoms with Crippen molar-refractivity contribution in [3.05, 3.63) is 56.3 Å². The number of nitro groups is 1. The number of nitrogens with one attached hydrogen (secondary N) is 1. The molecule has 1 aromatic carbocycles. The zero-order chi connectivity index (χ0) is 15.5. The molecule has 6 nitrogen and oxygen atoms in total. The largest absolute Gasteiger partial charge is 0.384 e. The molecule has 0 amide bonds. The van der Waals surface area contributed by atoms with Gasteiger partial charge in [-0.05, 0) is 35.4 Å². The zero-order valence-corrected chi connectivity index (χ0v) is 12.1. The zero-order valence-electron chi connectivity index (χ0n) is 11.2. The van der Waals surface area contributed by atoms with Crippen LogP contribution in [0.1, 0.15) is 18.1 Å². The van der Waals surface area contributed by atoms with Crippen molar-refractivity contribution in [1.82, 2.24) is 0 Å². The van der Waals surface area contributed by atoms with E-state index in [-0.39, 0.29) is 17.8 Å². The number of rotatable bonds is 5. The summed E-state index contributed by atoms with van der Waals surface area (Å²) < 4.78 is 0. The van der Waals surface area contributed by atoms with Crippen LogP contribution in [0.15, 0.2) is 35.0 Å². The molecule has 2 rings (SSSR count). The molecule has 0 saturated heterocycles. The van der Waals surface area contributed by atoms with Crippen LogP contribution in [0.25, 0.3) is 0 Å². The maximum absolute atomic E-state index is 10.7. The second-order valence-corrected chi connectivity index (χ2v) is 5.52. The van der Waals surface area contributed by atoms with Crippen molar-refractivity contribution in [2.24, 2.45) is 0 Å². The molecule has 0 spiro atoms. The molecular weight excluding hydrogens is 290 g/mol. The number of benzene rings is 1. The van der Waals surface area contributed by atoms with Crippen LogP contribution in [-0.4, -0.2) is 16.6 Å². The van der Waals surface area contributed by atoms with Crippen molar-refractivity contribution in [2.45, 2.75) is 12.5 Å². The highest BCUT2D eigenvalue weighted by Crippen LogP contribution is 2.26. The van der Waals surface area contributed by atoms with Gasteiger partial charge in [-0.25, -0.2) is 0 Å². The van der Waals surface area contributed by atoms with E-state index < -0.39 is 10.5 Å². The summed E-state index contributed by atoms with van der Waals surface area (Å²) in [5.41, 5.74) is 0.181. The lowest BCUT2D eigenvalue weighted by Gasteiger charge is -2.23. The highest BCUT2D eigenvalue weighted by Gasteiger charge is 2.23. The van der Waals surface area contributed by atoms with E-state index in [0.717, 1.165) is 5.56 Å². The molecule has 2 N–H and O–H groups in total. The molecule has 1 atom stereocenters. The molecule has 108 valence electrons. The highest BCUT2D eigenvalue weighted by atomic mass is 32.1. The average molecular weight is 303 g/mol. The van der Waals surface area contributed by atoms with Crippen molar-refractivity contribution in [2.75, 3.05) is 11.9 Å². The maximum Gasteiger partial charge on any atom is 0.270 e. The van der Waals surface area contributed by atoms with Crippen LogP contribution in [0.2, 0.25) is 0 Å². The monoisotopic (exact) mass is 303 g/mol. The number of nitrogens with zero attached hydrogens (tertiary/aromatic N) is 2. The van der Waals surface area contributed by atoms with Crippen molar-refractivity contribution < 1.29 is 10.0 Å². The molecule has 1 aromatic heterocycles. The molecule has 7 heteroatoms. The number of aliphatic hydroxyl groups is 1. The quantitative estimate of drug-likeness (QED) is 0.653. The Balaban J connectivity index is 2.17. The standard InChI is InChI=1S/C14H13N3O3S/c1-14(18,11-4-5-21-8-11)9-16-13-3-2-12(17(19)20)6-10(13)7-15/h2-6,8,16,18H,9H2,1H3/t14-/m0/s1. The second kappa shape index (κ2) is 5.91. The molecule has 0 fully saturated rings. The minimum atomic E-state index is -1.09. The normalized spacial score (nSPS) is 13.2. The summed E-state index contributed by atoms with van der Waals surface area (Å²) in [4.78, 5) is 10.1. The number of thiophene rings is 1. The molecule has 1 heterocycles. The summed E-state index contributed by atoms with van der Waals surface area (Å²) in [7, 11) is 0. The third-order valence-electron chi connectivity index (χ3n) is 3.10. The van der Waals surface area contributed by atoms with Crippen molar-refractivity contribution in [3.8, 4) is 6.07 Å². The topological polar surface area (TPSA) is 99.2 Å². The van der Waals surface area contributed by atoms with Crippen LogP contribution in [-0.2, 0) is 5.60 Å². The Morgan fingerprint density at radius 2 is 2.29 bits per heavy atom. The van der Waals surface area contributed by atoms with Crippen molar-refractivity contribution >= 4 is 22.7 Å². The third-order valence-corrected chi connectivity index (χ3v) is 3.78. The first kappa shape index (κ1) is 15.0. The average Bonchev–Trinajstić information content (AvgIpc) is 3.00. The van der Waals surface area contributed by atoms with E-state index in [4.69, 9.17) is 5.26 Å². The lowest BCUT2D eigenvalue weighted by Crippen LogP contribution is -2.30. The predicted molar refractivity (Wildman–Crippen MR) is 80.2 cm³/mol. The van der Waals surface area contributed by atoms with Gasteiger partial charge in [0.1, 0.15) is 11.7 Å².